The zero-order valence-electron chi connectivity index (χ0n) is 8.70. The van der Waals surface area contributed by atoms with Crippen LogP contribution in [0.15, 0.2) is 0 Å². The third-order valence-electron chi connectivity index (χ3n) is 1.86. The van der Waals surface area contributed by atoms with Crippen LogP contribution in [0, 0.1) is 6.92 Å². The van der Waals surface area contributed by atoms with Gasteiger partial charge < -0.3 is 15.2 Å². The van der Waals surface area contributed by atoms with Crippen LogP contribution in [-0.2, 0) is 11.3 Å². The highest BCUT2D eigenvalue weighted by molar-refractivity contribution is 7.11. The van der Waals surface area contributed by atoms with Crippen LogP contribution in [-0.4, -0.2) is 30.9 Å². The minimum atomic E-state index is -0.602. The Morgan fingerprint density at radius 1 is 1.64 bits per heavy atom. The molecule has 14 heavy (non-hydrogen) atoms. The van der Waals surface area contributed by atoms with Crippen molar-refractivity contribution in [2.24, 2.45) is 0 Å². The van der Waals surface area contributed by atoms with E-state index in [-0.39, 0.29) is 0 Å². The summed E-state index contributed by atoms with van der Waals surface area (Å²) in [6.07, 6.45) is -0.602. The van der Waals surface area contributed by atoms with Crippen LogP contribution in [0.25, 0.3) is 0 Å². The molecule has 1 atom stereocenters. The second-order valence-corrected chi connectivity index (χ2v) is 4.18. The van der Waals surface area contributed by atoms with E-state index in [0.717, 1.165) is 22.1 Å². The lowest BCUT2D eigenvalue weighted by Crippen LogP contribution is -2.04. The SMILES string of the molecule is CNCc1sc(C(O)COC)nc1C. The molecule has 0 fully saturated rings. The van der Waals surface area contributed by atoms with Gasteiger partial charge in [0.15, 0.2) is 0 Å². The lowest BCUT2D eigenvalue weighted by Gasteiger charge is -2.04. The summed E-state index contributed by atoms with van der Waals surface area (Å²) in [6, 6.07) is 0. The Balaban J connectivity index is 2.74. The summed E-state index contributed by atoms with van der Waals surface area (Å²) in [4.78, 5) is 5.46. The maximum Gasteiger partial charge on any atom is 0.129 e. The van der Waals surface area contributed by atoms with Gasteiger partial charge in [-0.05, 0) is 14.0 Å². The first kappa shape index (κ1) is 11.6. The van der Waals surface area contributed by atoms with E-state index in [0.29, 0.717) is 6.61 Å². The molecular formula is C9H16N2O2S. The fourth-order valence-corrected chi connectivity index (χ4v) is 2.20. The van der Waals surface area contributed by atoms with Crippen molar-refractivity contribution in [2.45, 2.75) is 19.6 Å². The molecule has 0 spiro atoms. The predicted molar refractivity (Wildman–Crippen MR) is 56.5 cm³/mol. The molecule has 2 N–H and O–H groups in total. The average molecular weight is 216 g/mol. The largest absolute Gasteiger partial charge is 0.383 e. The highest BCUT2D eigenvalue weighted by Crippen LogP contribution is 2.23. The van der Waals surface area contributed by atoms with Crippen LogP contribution in [0.5, 0.6) is 0 Å². The number of hydrogen-bond donors (Lipinski definition) is 2. The number of nitrogens with one attached hydrogen (secondary N) is 1. The minimum absolute atomic E-state index is 0.298. The monoisotopic (exact) mass is 216 g/mol. The molecule has 0 aromatic carbocycles. The van der Waals surface area contributed by atoms with Crippen LogP contribution in [0.3, 0.4) is 0 Å². The smallest absolute Gasteiger partial charge is 0.129 e. The first-order chi connectivity index (χ1) is 6.69. The van der Waals surface area contributed by atoms with E-state index in [1.807, 2.05) is 14.0 Å². The molecule has 0 aliphatic rings. The molecule has 5 heteroatoms. The summed E-state index contributed by atoms with van der Waals surface area (Å²) >= 11 is 1.53. The topological polar surface area (TPSA) is 54.4 Å². The number of aromatic nitrogens is 1. The number of methoxy groups -OCH3 is 1. The van der Waals surface area contributed by atoms with E-state index in [2.05, 4.69) is 10.3 Å². The number of nitrogens with zero attached hydrogens (tertiary/aromatic N) is 1. The van der Waals surface area contributed by atoms with Gasteiger partial charge in [0.1, 0.15) is 11.1 Å². The van der Waals surface area contributed by atoms with Gasteiger partial charge in [0.2, 0.25) is 0 Å². The molecule has 0 saturated heterocycles. The summed E-state index contributed by atoms with van der Waals surface area (Å²) in [5.41, 5.74) is 0.981. The summed E-state index contributed by atoms with van der Waals surface area (Å²) in [5.74, 6) is 0. The molecule has 0 aliphatic carbocycles. The normalized spacial score (nSPS) is 13.1. The van der Waals surface area contributed by atoms with Crippen molar-refractivity contribution < 1.29 is 9.84 Å². The standard InChI is InChI=1S/C9H16N2O2S/c1-6-8(4-10-2)14-9(11-6)7(12)5-13-3/h7,10,12H,4-5H2,1-3H3. The lowest BCUT2D eigenvalue weighted by molar-refractivity contribution is 0.0642. The van der Waals surface area contributed by atoms with Crippen LogP contribution >= 0.6 is 11.3 Å². The number of ether oxygens (including phenoxy) is 1. The molecule has 1 unspecified atom stereocenters. The van der Waals surface area contributed by atoms with Crippen LogP contribution < -0.4 is 5.32 Å². The van der Waals surface area contributed by atoms with Gasteiger partial charge >= 0.3 is 0 Å². The number of rotatable bonds is 5. The summed E-state index contributed by atoms with van der Waals surface area (Å²) in [6.45, 7) is 3.04. The van der Waals surface area contributed by atoms with Crippen molar-refractivity contribution in [2.75, 3.05) is 20.8 Å². The maximum absolute atomic E-state index is 9.63. The van der Waals surface area contributed by atoms with Crippen molar-refractivity contribution >= 4 is 11.3 Å². The Bertz CT molecular complexity index is 288. The molecular weight excluding hydrogens is 200 g/mol. The van der Waals surface area contributed by atoms with Crippen molar-refractivity contribution in [3.05, 3.63) is 15.6 Å². The fraction of sp³-hybridized carbons (Fsp3) is 0.667. The van der Waals surface area contributed by atoms with E-state index in [9.17, 15) is 5.11 Å². The van der Waals surface area contributed by atoms with Gasteiger partial charge in [-0.15, -0.1) is 11.3 Å². The molecule has 1 aromatic rings. The molecule has 0 bridgehead atoms. The van der Waals surface area contributed by atoms with Crippen LogP contribution in [0.4, 0.5) is 0 Å². The number of aliphatic hydroxyl groups is 1. The third kappa shape index (κ3) is 2.75. The Kier molecular flexibility index (Phi) is 4.47. The Labute approximate surface area is 87.9 Å². The third-order valence-corrected chi connectivity index (χ3v) is 3.11. The quantitative estimate of drug-likeness (QED) is 0.766. The zero-order chi connectivity index (χ0) is 10.6. The second-order valence-electron chi connectivity index (χ2n) is 3.06. The Morgan fingerprint density at radius 3 is 2.93 bits per heavy atom. The molecule has 1 rings (SSSR count). The van der Waals surface area contributed by atoms with E-state index in [1.54, 1.807) is 7.11 Å². The lowest BCUT2D eigenvalue weighted by atomic mass is 10.4. The molecule has 0 amide bonds. The van der Waals surface area contributed by atoms with Gasteiger partial charge in [-0.3, -0.25) is 0 Å². The minimum Gasteiger partial charge on any atom is -0.383 e. The zero-order valence-corrected chi connectivity index (χ0v) is 9.52. The van der Waals surface area contributed by atoms with Gasteiger partial charge in [-0.25, -0.2) is 4.98 Å². The first-order valence-corrected chi connectivity index (χ1v) is 5.28. The summed E-state index contributed by atoms with van der Waals surface area (Å²) < 4.78 is 4.87. The van der Waals surface area contributed by atoms with Crippen molar-refractivity contribution in [3.63, 3.8) is 0 Å². The van der Waals surface area contributed by atoms with Gasteiger partial charge in [0.25, 0.3) is 0 Å². The molecule has 80 valence electrons. The second kappa shape index (κ2) is 5.41. The number of aryl methyl sites for hydroxylation is 1. The van der Waals surface area contributed by atoms with E-state index in [4.69, 9.17) is 4.74 Å². The molecule has 1 aromatic heterocycles. The fourth-order valence-electron chi connectivity index (χ4n) is 1.15. The summed E-state index contributed by atoms with van der Waals surface area (Å²) in [5, 5.41) is 13.4. The highest BCUT2D eigenvalue weighted by atomic mass is 32.1. The number of thiazole rings is 1. The highest BCUT2D eigenvalue weighted by Gasteiger charge is 2.14. The van der Waals surface area contributed by atoms with E-state index < -0.39 is 6.10 Å². The van der Waals surface area contributed by atoms with Gasteiger partial charge in [-0.2, -0.15) is 0 Å². The molecule has 1 heterocycles. The van der Waals surface area contributed by atoms with Crippen LogP contribution in [0.2, 0.25) is 0 Å². The van der Waals surface area contributed by atoms with Crippen molar-refractivity contribution in [1.29, 1.82) is 0 Å². The van der Waals surface area contributed by atoms with Crippen LogP contribution in [0.1, 0.15) is 21.7 Å². The van der Waals surface area contributed by atoms with Gasteiger partial charge in [0.05, 0.1) is 12.3 Å². The molecule has 4 nitrogen and oxygen atoms in total. The van der Waals surface area contributed by atoms with Crippen molar-refractivity contribution in [1.82, 2.24) is 10.3 Å². The van der Waals surface area contributed by atoms with Gasteiger partial charge in [0, 0.05) is 18.5 Å². The molecule has 0 radical (unpaired) electrons. The molecule has 0 saturated carbocycles. The van der Waals surface area contributed by atoms with E-state index in [1.165, 1.54) is 11.3 Å². The number of hydrogen-bond acceptors (Lipinski definition) is 5. The Hall–Kier alpha value is -0.490. The molecule has 0 aliphatic heterocycles. The Morgan fingerprint density at radius 2 is 2.36 bits per heavy atom. The predicted octanol–water partition coefficient (Wildman–Crippen LogP) is 0.851. The van der Waals surface area contributed by atoms with Crippen molar-refractivity contribution in [3.8, 4) is 0 Å². The summed E-state index contributed by atoms with van der Waals surface area (Å²) in [7, 11) is 3.46. The maximum atomic E-state index is 9.63. The van der Waals surface area contributed by atoms with Gasteiger partial charge in [-0.1, -0.05) is 0 Å². The number of aliphatic hydroxyl groups excluding tert-OH is 1. The first-order valence-electron chi connectivity index (χ1n) is 4.46. The van der Waals surface area contributed by atoms with E-state index >= 15 is 0 Å². The average Bonchev–Trinajstić information content (AvgIpc) is 2.49.